The second-order valence-corrected chi connectivity index (χ2v) is 6.59. The van der Waals surface area contributed by atoms with Gasteiger partial charge in [0, 0.05) is 29.6 Å². The number of nitrogens with zero attached hydrogens (tertiary/aromatic N) is 1. The maximum atomic E-state index is 13.1. The van der Waals surface area contributed by atoms with E-state index in [4.69, 9.17) is 4.74 Å². The summed E-state index contributed by atoms with van der Waals surface area (Å²) in [5, 5.41) is 0. The molecule has 0 bridgehead atoms. The van der Waals surface area contributed by atoms with Gasteiger partial charge in [0.25, 0.3) is 5.91 Å². The van der Waals surface area contributed by atoms with Crippen LogP contribution in [0.25, 0.3) is 0 Å². The number of halogens is 1. The predicted molar refractivity (Wildman–Crippen MR) is 96.9 cm³/mol. The Labute approximate surface area is 152 Å². The molecule has 1 aliphatic rings. The Bertz CT molecular complexity index is 786. The van der Waals surface area contributed by atoms with E-state index in [0.717, 1.165) is 12.8 Å². The van der Waals surface area contributed by atoms with Crippen LogP contribution in [-0.4, -0.2) is 36.3 Å². The van der Waals surface area contributed by atoms with Gasteiger partial charge in [-0.1, -0.05) is 0 Å². The monoisotopic (exact) mass is 355 g/mol. The van der Waals surface area contributed by atoms with Crippen LogP contribution in [0, 0.1) is 11.7 Å². The Hall–Kier alpha value is -2.69. The molecule has 26 heavy (non-hydrogen) atoms. The number of carbonyl (C=O) groups is 2. The Morgan fingerprint density at radius 2 is 1.65 bits per heavy atom. The van der Waals surface area contributed by atoms with Crippen molar-refractivity contribution in [3.05, 3.63) is 65.5 Å². The van der Waals surface area contributed by atoms with Crippen molar-refractivity contribution in [3.63, 3.8) is 0 Å². The van der Waals surface area contributed by atoms with E-state index >= 15 is 0 Å². The average molecular weight is 355 g/mol. The molecule has 0 unspecified atom stereocenters. The van der Waals surface area contributed by atoms with Crippen molar-refractivity contribution in [2.75, 3.05) is 13.7 Å². The molecule has 136 valence electrons. The first-order valence-electron chi connectivity index (χ1n) is 8.76. The van der Waals surface area contributed by atoms with Gasteiger partial charge in [0.2, 0.25) is 0 Å². The highest BCUT2D eigenvalue weighted by Gasteiger charge is 2.36. The van der Waals surface area contributed by atoms with Gasteiger partial charge in [-0.3, -0.25) is 9.59 Å². The number of rotatable bonds is 4. The summed E-state index contributed by atoms with van der Waals surface area (Å²) in [7, 11) is 1.58. The molecule has 2 atom stereocenters. The molecule has 1 fully saturated rings. The lowest BCUT2D eigenvalue weighted by molar-refractivity contribution is 0.0497. The molecule has 1 saturated heterocycles. The van der Waals surface area contributed by atoms with Gasteiger partial charge in [-0.15, -0.1) is 0 Å². The minimum absolute atomic E-state index is 0.0387. The van der Waals surface area contributed by atoms with Crippen LogP contribution in [0.1, 0.15) is 40.5 Å². The molecule has 2 aromatic rings. The van der Waals surface area contributed by atoms with Crippen LogP contribution in [0.15, 0.2) is 48.5 Å². The number of hydrogen-bond donors (Lipinski definition) is 0. The first-order chi connectivity index (χ1) is 12.5. The first kappa shape index (κ1) is 18.1. The normalized spacial score (nSPS) is 19.9. The average Bonchev–Trinajstić information content (AvgIpc) is 2.68. The lowest BCUT2D eigenvalue weighted by Crippen LogP contribution is -2.49. The number of ketones is 1. The van der Waals surface area contributed by atoms with Gasteiger partial charge in [0.1, 0.15) is 11.6 Å². The van der Waals surface area contributed by atoms with Crippen molar-refractivity contribution in [2.24, 2.45) is 5.92 Å². The van der Waals surface area contributed by atoms with Gasteiger partial charge in [0.15, 0.2) is 5.78 Å². The van der Waals surface area contributed by atoms with Crippen molar-refractivity contribution in [3.8, 4) is 5.75 Å². The van der Waals surface area contributed by atoms with Crippen LogP contribution < -0.4 is 4.74 Å². The van der Waals surface area contributed by atoms with Crippen LogP contribution in [-0.2, 0) is 0 Å². The van der Waals surface area contributed by atoms with Crippen LogP contribution in [0.2, 0.25) is 0 Å². The van der Waals surface area contributed by atoms with Crippen LogP contribution in [0.3, 0.4) is 0 Å². The zero-order valence-electron chi connectivity index (χ0n) is 14.9. The zero-order chi connectivity index (χ0) is 18.7. The quantitative estimate of drug-likeness (QED) is 0.780. The molecule has 4 nitrogen and oxygen atoms in total. The molecule has 0 radical (unpaired) electrons. The fourth-order valence-corrected chi connectivity index (χ4v) is 3.51. The van der Waals surface area contributed by atoms with E-state index in [-0.39, 0.29) is 29.5 Å². The molecule has 1 aliphatic heterocycles. The van der Waals surface area contributed by atoms with Crippen LogP contribution in [0.5, 0.6) is 5.75 Å². The summed E-state index contributed by atoms with van der Waals surface area (Å²) >= 11 is 0. The zero-order valence-corrected chi connectivity index (χ0v) is 14.9. The van der Waals surface area contributed by atoms with Gasteiger partial charge >= 0.3 is 0 Å². The molecular weight excluding hydrogens is 333 g/mol. The standard InChI is InChI=1S/C21H22FNO3/c1-14-19(20(24)15-7-11-18(26-2)12-8-15)4-3-13-23(14)21(25)16-5-9-17(22)10-6-16/h5-12,14,19H,3-4,13H2,1-2H3/t14-,19-/m1/s1. The molecule has 1 heterocycles. The highest BCUT2D eigenvalue weighted by atomic mass is 19.1. The Morgan fingerprint density at radius 1 is 1.04 bits per heavy atom. The molecule has 0 aliphatic carbocycles. The summed E-state index contributed by atoms with van der Waals surface area (Å²) in [6.07, 6.45) is 1.52. The highest BCUT2D eigenvalue weighted by Crippen LogP contribution is 2.28. The van der Waals surface area contributed by atoms with Crippen molar-refractivity contribution < 1.29 is 18.7 Å². The van der Waals surface area contributed by atoms with E-state index in [0.29, 0.717) is 23.4 Å². The van der Waals surface area contributed by atoms with E-state index in [9.17, 15) is 14.0 Å². The molecular formula is C21H22FNO3. The Morgan fingerprint density at radius 3 is 2.27 bits per heavy atom. The van der Waals surface area contributed by atoms with E-state index in [1.54, 1.807) is 36.3 Å². The number of methoxy groups -OCH3 is 1. The number of Topliss-reactive ketones (excluding diaryl/α,β-unsaturated/α-hetero) is 1. The number of piperidine rings is 1. The topological polar surface area (TPSA) is 46.6 Å². The van der Waals surface area contributed by atoms with E-state index in [2.05, 4.69) is 0 Å². The fourth-order valence-electron chi connectivity index (χ4n) is 3.51. The largest absolute Gasteiger partial charge is 0.497 e. The summed E-state index contributed by atoms with van der Waals surface area (Å²) < 4.78 is 18.2. The Kier molecular flexibility index (Phi) is 5.35. The van der Waals surface area contributed by atoms with Gasteiger partial charge in [-0.25, -0.2) is 4.39 Å². The fraction of sp³-hybridized carbons (Fsp3) is 0.333. The molecule has 3 rings (SSSR count). The lowest BCUT2D eigenvalue weighted by atomic mass is 9.83. The minimum atomic E-state index is -0.374. The van der Waals surface area contributed by atoms with Crippen LogP contribution in [0.4, 0.5) is 4.39 Å². The van der Waals surface area contributed by atoms with Crippen molar-refractivity contribution in [2.45, 2.75) is 25.8 Å². The first-order valence-corrected chi connectivity index (χ1v) is 8.76. The van der Waals surface area contributed by atoms with E-state index in [1.165, 1.54) is 24.3 Å². The summed E-state index contributed by atoms with van der Waals surface area (Å²) in [6, 6.07) is 12.4. The van der Waals surface area contributed by atoms with E-state index in [1.807, 2.05) is 6.92 Å². The number of carbonyl (C=O) groups excluding carboxylic acids is 2. The lowest BCUT2D eigenvalue weighted by Gasteiger charge is -2.38. The number of likely N-dealkylation sites (tertiary alicyclic amines) is 1. The second kappa shape index (κ2) is 7.68. The van der Waals surface area contributed by atoms with Gasteiger partial charge < -0.3 is 9.64 Å². The second-order valence-electron chi connectivity index (χ2n) is 6.59. The maximum absolute atomic E-state index is 13.1. The number of hydrogen-bond acceptors (Lipinski definition) is 3. The molecule has 1 amide bonds. The maximum Gasteiger partial charge on any atom is 0.254 e. The molecule has 0 spiro atoms. The minimum Gasteiger partial charge on any atom is -0.497 e. The van der Waals surface area contributed by atoms with Crippen LogP contribution >= 0.6 is 0 Å². The summed E-state index contributed by atoms with van der Waals surface area (Å²) in [4.78, 5) is 27.4. The number of ether oxygens (including phenoxy) is 1. The van der Waals surface area contributed by atoms with Crippen molar-refractivity contribution in [1.82, 2.24) is 4.90 Å². The van der Waals surface area contributed by atoms with Gasteiger partial charge in [-0.2, -0.15) is 0 Å². The molecule has 5 heteroatoms. The van der Waals surface area contributed by atoms with E-state index < -0.39 is 0 Å². The molecule has 0 saturated carbocycles. The summed E-state index contributed by atoms with van der Waals surface area (Å²) in [6.45, 7) is 2.51. The molecule has 0 aromatic heterocycles. The Balaban J connectivity index is 1.77. The SMILES string of the molecule is COc1ccc(C(=O)[C@@H]2CCCN(C(=O)c3ccc(F)cc3)[C@@H]2C)cc1. The van der Waals surface area contributed by atoms with Gasteiger partial charge in [-0.05, 0) is 68.3 Å². The van der Waals surface area contributed by atoms with Gasteiger partial charge in [0.05, 0.1) is 7.11 Å². The summed E-state index contributed by atoms with van der Waals surface area (Å²) in [5.74, 6) is -0.0461. The summed E-state index contributed by atoms with van der Waals surface area (Å²) in [5.41, 5.74) is 1.06. The highest BCUT2D eigenvalue weighted by molar-refractivity contribution is 6.00. The third kappa shape index (κ3) is 3.62. The number of amides is 1. The smallest absolute Gasteiger partial charge is 0.254 e. The molecule has 0 N–H and O–H groups in total. The third-order valence-electron chi connectivity index (χ3n) is 5.05. The third-order valence-corrected chi connectivity index (χ3v) is 5.05. The number of benzene rings is 2. The van der Waals surface area contributed by atoms with Crippen molar-refractivity contribution in [1.29, 1.82) is 0 Å². The van der Waals surface area contributed by atoms with Crippen molar-refractivity contribution >= 4 is 11.7 Å². The predicted octanol–water partition coefficient (Wildman–Crippen LogP) is 3.96. The molecule has 2 aromatic carbocycles.